The minimum atomic E-state index is -0.229. The molecular formula is C22H16N4O. The number of aromatic amines is 1. The Morgan fingerprint density at radius 1 is 0.852 bits per heavy atom. The van der Waals surface area contributed by atoms with Crippen LogP contribution in [0.3, 0.4) is 0 Å². The molecule has 0 spiro atoms. The fourth-order valence-electron chi connectivity index (χ4n) is 3.32. The van der Waals surface area contributed by atoms with Gasteiger partial charge in [0.2, 0.25) is 0 Å². The van der Waals surface area contributed by atoms with E-state index in [1.54, 1.807) is 0 Å². The zero-order chi connectivity index (χ0) is 18.4. The van der Waals surface area contributed by atoms with Crippen molar-refractivity contribution in [2.24, 2.45) is 0 Å². The van der Waals surface area contributed by atoms with Crippen molar-refractivity contribution in [2.75, 3.05) is 0 Å². The Labute approximate surface area is 155 Å². The first-order chi connectivity index (χ1) is 13.2. The van der Waals surface area contributed by atoms with Crippen LogP contribution < -0.4 is 5.56 Å². The van der Waals surface area contributed by atoms with E-state index in [1.165, 1.54) is 5.56 Å². The lowest BCUT2D eigenvalue weighted by Gasteiger charge is -2.06. The number of nitrogens with one attached hydrogen (secondary N) is 1. The van der Waals surface area contributed by atoms with Gasteiger partial charge in [0.05, 0.1) is 16.7 Å². The number of hydrogen-bond acceptors (Lipinski definition) is 3. The fourth-order valence-corrected chi connectivity index (χ4v) is 3.32. The quantitative estimate of drug-likeness (QED) is 0.517. The number of para-hydroxylation sites is 2. The van der Waals surface area contributed by atoms with Crippen molar-refractivity contribution >= 4 is 16.7 Å². The molecule has 0 saturated heterocycles. The van der Waals surface area contributed by atoms with Gasteiger partial charge in [-0.05, 0) is 31.2 Å². The second kappa shape index (κ2) is 5.92. The second-order valence-electron chi connectivity index (χ2n) is 6.54. The molecular weight excluding hydrogens is 336 g/mol. The largest absolute Gasteiger partial charge is 0.319 e. The molecule has 5 aromatic rings. The van der Waals surface area contributed by atoms with Crippen LogP contribution in [0.25, 0.3) is 39.3 Å². The van der Waals surface area contributed by atoms with Crippen molar-refractivity contribution in [1.29, 1.82) is 0 Å². The van der Waals surface area contributed by atoms with E-state index in [2.05, 4.69) is 9.97 Å². The summed E-state index contributed by atoms with van der Waals surface area (Å²) in [6.45, 7) is 2.05. The molecule has 5 heteroatoms. The van der Waals surface area contributed by atoms with Crippen LogP contribution in [-0.4, -0.2) is 19.4 Å². The maximum atomic E-state index is 12.9. The number of fused-ring (bicyclic) bond motifs is 2. The van der Waals surface area contributed by atoms with Gasteiger partial charge in [-0.15, -0.1) is 0 Å². The van der Waals surface area contributed by atoms with Gasteiger partial charge < -0.3 is 4.98 Å². The minimum Gasteiger partial charge on any atom is -0.319 e. The summed E-state index contributed by atoms with van der Waals surface area (Å²) in [6.07, 6.45) is 1.91. The van der Waals surface area contributed by atoms with E-state index in [9.17, 15) is 4.79 Å². The fraction of sp³-hybridized carbons (Fsp3) is 0.0455. The van der Waals surface area contributed by atoms with Crippen LogP contribution in [0.2, 0.25) is 0 Å². The molecule has 0 aliphatic rings. The Morgan fingerprint density at radius 3 is 2.48 bits per heavy atom. The molecule has 0 bridgehead atoms. The van der Waals surface area contributed by atoms with Crippen molar-refractivity contribution in [3.63, 3.8) is 0 Å². The summed E-state index contributed by atoms with van der Waals surface area (Å²) in [6, 6.07) is 21.4. The Bertz CT molecular complexity index is 1350. The molecule has 27 heavy (non-hydrogen) atoms. The number of pyridine rings is 1. The number of H-pyrrole nitrogens is 1. The van der Waals surface area contributed by atoms with Gasteiger partial charge in [0, 0.05) is 11.8 Å². The molecule has 0 fully saturated rings. The van der Waals surface area contributed by atoms with E-state index < -0.39 is 0 Å². The average Bonchev–Trinajstić information content (AvgIpc) is 3.07. The average molecular weight is 352 g/mol. The summed E-state index contributed by atoms with van der Waals surface area (Å²) in [5, 5.41) is 0. The number of rotatable bonds is 2. The van der Waals surface area contributed by atoms with Crippen LogP contribution in [0.5, 0.6) is 0 Å². The molecule has 0 atom stereocenters. The smallest absolute Gasteiger partial charge is 0.276 e. The van der Waals surface area contributed by atoms with Crippen molar-refractivity contribution in [3.8, 4) is 22.6 Å². The first kappa shape index (κ1) is 15.5. The first-order valence-corrected chi connectivity index (χ1v) is 8.74. The van der Waals surface area contributed by atoms with Gasteiger partial charge in [-0.2, -0.15) is 0 Å². The highest BCUT2D eigenvalue weighted by molar-refractivity contribution is 5.83. The highest BCUT2D eigenvalue weighted by Crippen LogP contribution is 2.30. The molecule has 1 N–H and O–H groups in total. The maximum Gasteiger partial charge on any atom is 0.276 e. The van der Waals surface area contributed by atoms with E-state index in [0.29, 0.717) is 11.4 Å². The summed E-state index contributed by atoms with van der Waals surface area (Å²) in [4.78, 5) is 25.2. The topological polar surface area (TPSA) is 63.1 Å². The summed E-state index contributed by atoms with van der Waals surface area (Å²) >= 11 is 0. The third kappa shape index (κ3) is 2.52. The summed E-state index contributed by atoms with van der Waals surface area (Å²) < 4.78 is 1.92. The minimum absolute atomic E-state index is 0.229. The number of hydrogen-bond donors (Lipinski definition) is 1. The molecule has 0 aliphatic carbocycles. The normalized spacial score (nSPS) is 11.3. The van der Waals surface area contributed by atoms with E-state index in [4.69, 9.17) is 4.98 Å². The van der Waals surface area contributed by atoms with Crippen LogP contribution in [-0.2, 0) is 0 Å². The van der Waals surface area contributed by atoms with E-state index >= 15 is 0 Å². The van der Waals surface area contributed by atoms with Crippen LogP contribution in [0.4, 0.5) is 0 Å². The zero-order valence-corrected chi connectivity index (χ0v) is 14.7. The molecule has 0 unspecified atom stereocenters. The van der Waals surface area contributed by atoms with Crippen molar-refractivity contribution in [3.05, 3.63) is 88.8 Å². The molecule has 3 aromatic heterocycles. The number of benzene rings is 2. The summed E-state index contributed by atoms with van der Waals surface area (Å²) in [7, 11) is 0. The predicted octanol–water partition coefficient (Wildman–Crippen LogP) is 4.21. The molecule has 3 heterocycles. The second-order valence-corrected chi connectivity index (χ2v) is 6.54. The van der Waals surface area contributed by atoms with Crippen LogP contribution in [0, 0.1) is 6.92 Å². The molecule has 0 saturated carbocycles. The first-order valence-electron chi connectivity index (χ1n) is 8.74. The van der Waals surface area contributed by atoms with Gasteiger partial charge in [0.25, 0.3) is 5.56 Å². The third-order valence-electron chi connectivity index (χ3n) is 4.68. The van der Waals surface area contributed by atoms with Gasteiger partial charge in [0.1, 0.15) is 11.3 Å². The third-order valence-corrected chi connectivity index (χ3v) is 4.68. The summed E-state index contributed by atoms with van der Waals surface area (Å²) in [5.74, 6) is 0. The van der Waals surface area contributed by atoms with Gasteiger partial charge in [-0.3, -0.25) is 9.20 Å². The van der Waals surface area contributed by atoms with Crippen LogP contribution in [0.1, 0.15) is 5.56 Å². The monoisotopic (exact) mass is 352 g/mol. The molecule has 5 nitrogen and oxygen atoms in total. The molecule has 2 aromatic carbocycles. The number of nitrogens with zero attached hydrogens (tertiary/aromatic N) is 3. The number of aromatic nitrogens is 4. The number of aryl methyl sites for hydroxylation is 1. The van der Waals surface area contributed by atoms with Crippen molar-refractivity contribution in [2.45, 2.75) is 6.92 Å². The Morgan fingerprint density at radius 2 is 1.63 bits per heavy atom. The molecule has 0 amide bonds. The standard InChI is InChI=1S/C22H16N4O/c1-14-9-11-15(12-10-14)19-21(26-13-5-4-8-18(26)25-19)20-22(27)24-17-7-3-2-6-16(17)23-20/h2-13H,1H3,(H,24,27). The van der Waals surface area contributed by atoms with Gasteiger partial charge in [-0.1, -0.05) is 48.0 Å². The molecule has 0 radical (unpaired) electrons. The van der Waals surface area contributed by atoms with Gasteiger partial charge >= 0.3 is 0 Å². The Kier molecular flexibility index (Phi) is 3.40. The number of imidazole rings is 1. The maximum absolute atomic E-state index is 12.9. The van der Waals surface area contributed by atoms with Crippen LogP contribution >= 0.6 is 0 Å². The zero-order valence-electron chi connectivity index (χ0n) is 14.7. The lowest BCUT2D eigenvalue weighted by Crippen LogP contribution is -2.13. The van der Waals surface area contributed by atoms with Crippen LogP contribution in [0.15, 0.2) is 77.7 Å². The van der Waals surface area contributed by atoms with Gasteiger partial charge in [-0.25, -0.2) is 9.97 Å². The lowest BCUT2D eigenvalue weighted by atomic mass is 10.1. The highest BCUT2D eigenvalue weighted by Gasteiger charge is 2.20. The Balaban J connectivity index is 1.87. The molecule has 130 valence electrons. The Hall–Kier alpha value is -3.73. The summed E-state index contributed by atoms with van der Waals surface area (Å²) in [5.41, 5.74) is 5.94. The highest BCUT2D eigenvalue weighted by atomic mass is 16.1. The SMILES string of the molecule is Cc1ccc(-c2nc3ccccn3c2-c2nc3ccccc3[nH]c2=O)cc1. The molecule has 5 rings (SSSR count). The molecule has 0 aliphatic heterocycles. The van der Waals surface area contributed by atoms with E-state index in [1.807, 2.05) is 84.3 Å². The van der Waals surface area contributed by atoms with Crippen molar-refractivity contribution in [1.82, 2.24) is 19.4 Å². The lowest BCUT2D eigenvalue weighted by molar-refractivity contribution is 1.14. The van der Waals surface area contributed by atoms with E-state index in [-0.39, 0.29) is 5.56 Å². The van der Waals surface area contributed by atoms with E-state index in [0.717, 1.165) is 27.9 Å². The van der Waals surface area contributed by atoms with Crippen molar-refractivity contribution < 1.29 is 0 Å². The van der Waals surface area contributed by atoms with Gasteiger partial charge in [0.15, 0.2) is 5.69 Å². The predicted molar refractivity (Wildman–Crippen MR) is 107 cm³/mol.